The van der Waals surface area contributed by atoms with Gasteiger partial charge in [0.25, 0.3) is 5.91 Å². The fourth-order valence-corrected chi connectivity index (χ4v) is 3.44. The van der Waals surface area contributed by atoms with Crippen LogP contribution in [0.2, 0.25) is 5.02 Å². The molecule has 1 fully saturated rings. The van der Waals surface area contributed by atoms with Crippen LogP contribution in [-0.2, 0) is 6.42 Å². The van der Waals surface area contributed by atoms with Crippen LogP contribution in [0.15, 0.2) is 41.3 Å². The Morgan fingerprint density at radius 2 is 2.11 bits per heavy atom. The highest BCUT2D eigenvalue weighted by atomic mass is 35.5. The van der Waals surface area contributed by atoms with Crippen LogP contribution >= 0.6 is 11.6 Å². The molecule has 0 bridgehead atoms. The number of aromatic nitrogens is 4. The highest BCUT2D eigenvalue weighted by Crippen LogP contribution is 2.24. The molecule has 0 saturated carbocycles. The van der Waals surface area contributed by atoms with Gasteiger partial charge in [-0.3, -0.25) is 9.78 Å². The molecule has 3 heterocycles. The van der Waals surface area contributed by atoms with Gasteiger partial charge in [-0.2, -0.15) is 4.98 Å². The second-order valence-electron chi connectivity index (χ2n) is 6.67. The van der Waals surface area contributed by atoms with E-state index in [-0.39, 0.29) is 10.9 Å². The van der Waals surface area contributed by atoms with E-state index >= 15 is 0 Å². The van der Waals surface area contributed by atoms with Crippen LogP contribution in [0.4, 0.5) is 4.39 Å². The average Bonchev–Trinajstić information content (AvgIpc) is 3.19. The van der Waals surface area contributed by atoms with Gasteiger partial charge in [-0.25, -0.2) is 9.37 Å². The molecule has 1 amide bonds. The Bertz CT molecular complexity index is 973. The number of benzene rings is 1. The van der Waals surface area contributed by atoms with Crippen LogP contribution in [0.1, 0.15) is 29.1 Å². The molecule has 0 spiro atoms. The third-order valence-electron chi connectivity index (χ3n) is 4.79. The van der Waals surface area contributed by atoms with Crippen molar-refractivity contribution >= 4 is 17.5 Å². The Hall–Kier alpha value is -2.87. The lowest BCUT2D eigenvalue weighted by molar-refractivity contribution is 0.0687. The molecule has 3 aromatic rings. The Morgan fingerprint density at radius 3 is 2.82 bits per heavy atom. The average molecular weight is 402 g/mol. The first-order valence-corrected chi connectivity index (χ1v) is 9.31. The molecule has 9 heteroatoms. The predicted octanol–water partition coefficient (Wildman–Crippen LogP) is 3.41. The number of hydrogen-bond acceptors (Lipinski definition) is 6. The van der Waals surface area contributed by atoms with E-state index < -0.39 is 5.82 Å². The van der Waals surface area contributed by atoms with E-state index in [1.807, 2.05) is 0 Å². The minimum Gasteiger partial charge on any atom is -0.339 e. The molecule has 7 nitrogen and oxygen atoms in total. The molecule has 4 rings (SSSR count). The molecule has 2 aromatic heterocycles. The highest BCUT2D eigenvalue weighted by molar-refractivity contribution is 6.31. The molecule has 28 heavy (non-hydrogen) atoms. The van der Waals surface area contributed by atoms with Gasteiger partial charge in [-0.1, -0.05) is 16.8 Å². The second kappa shape index (κ2) is 8.02. The van der Waals surface area contributed by atoms with Crippen molar-refractivity contribution in [2.24, 2.45) is 5.92 Å². The number of rotatable bonds is 4. The summed E-state index contributed by atoms with van der Waals surface area (Å²) in [4.78, 5) is 26.9. The van der Waals surface area contributed by atoms with Crippen molar-refractivity contribution in [1.82, 2.24) is 25.0 Å². The summed E-state index contributed by atoms with van der Waals surface area (Å²) < 4.78 is 18.6. The van der Waals surface area contributed by atoms with Gasteiger partial charge in [0, 0.05) is 37.5 Å². The summed E-state index contributed by atoms with van der Waals surface area (Å²) >= 11 is 5.78. The fraction of sp³-hybridized carbons (Fsp3) is 0.316. The van der Waals surface area contributed by atoms with E-state index in [9.17, 15) is 9.18 Å². The molecular weight excluding hydrogens is 385 g/mol. The fourth-order valence-electron chi connectivity index (χ4n) is 3.26. The Morgan fingerprint density at radius 1 is 1.29 bits per heavy atom. The van der Waals surface area contributed by atoms with Crippen molar-refractivity contribution in [3.05, 3.63) is 59.1 Å². The van der Waals surface area contributed by atoms with E-state index in [1.54, 1.807) is 23.5 Å². The first-order valence-electron chi connectivity index (χ1n) is 8.93. The summed E-state index contributed by atoms with van der Waals surface area (Å²) in [5.41, 5.74) is 0.964. The predicted molar refractivity (Wildman–Crippen MR) is 99.1 cm³/mol. The molecule has 0 unspecified atom stereocenters. The summed E-state index contributed by atoms with van der Waals surface area (Å²) in [6.07, 6.45) is 7.04. The Labute approximate surface area is 165 Å². The van der Waals surface area contributed by atoms with Crippen molar-refractivity contribution in [2.45, 2.75) is 19.3 Å². The number of hydrogen-bond donors (Lipinski definition) is 0. The van der Waals surface area contributed by atoms with Gasteiger partial charge >= 0.3 is 0 Å². The smallest absolute Gasteiger partial charge is 0.253 e. The highest BCUT2D eigenvalue weighted by Gasteiger charge is 2.25. The largest absolute Gasteiger partial charge is 0.339 e. The number of piperidine rings is 1. The molecule has 1 aliphatic heterocycles. The first kappa shape index (κ1) is 18.5. The molecule has 0 aliphatic carbocycles. The second-order valence-corrected chi connectivity index (χ2v) is 7.08. The lowest BCUT2D eigenvalue weighted by atomic mass is 9.93. The normalized spacial score (nSPS) is 15.0. The molecule has 0 radical (unpaired) electrons. The van der Waals surface area contributed by atoms with Crippen molar-refractivity contribution < 1.29 is 13.7 Å². The minimum atomic E-state index is -0.530. The summed E-state index contributed by atoms with van der Waals surface area (Å²) in [5.74, 6) is 0.649. The molecule has 1 aliphatic rings. The van der Waals surface area contributed by atoms with Gasteiger partial charge in [-0.15, -0.1) is 0 Å². The number of carbonyl (C=O) groups excluding carboxylic acids is 1. The van der Waals surface area contributed by atoms with Crippen molar-refractivity contribution in [3.63, 3.8) is 0 Å². The lowest BCUT2D eigenvalue weighted by Gasteiger charge is -2.31. The maximum atomic E-state index is 13.3. The molecule has 1 saturated heterocycles. The van der Waals surface area contributed by atoms with Crippen LogP contribution in [0, 0.1) is 11.7 Å². The zero-order chi connectivity index (χ0) is 19.5. The number of carbonyl (C=O) groups is 1. The molecule has 0 N–H and O–H groups in total. The molecule has 144 valence electrons. The van der Waals surface area contributed by atoms with Crippen LogP contribution < -0.4 is 0 Å². The van der Waals surface area contributed by atoms with Gasteiger partial charge in [0.2, 0.25) is 11.7 Å². The van der Waals surface area contributed by atoms with Gasteiger partial charge in [0.05, 0.1) is 11.2 Å². The lowest BCUT2D eigenvalue weighted by Crippen LogP contribution is -2.38. The SMILES string of the molecule is O=C(c1ccc(F)c(Cl)c1)N1CCC(Cc2nc(-c3cnccn3)no2)CC1. The van der Waals surface area contributed by atoms with Crippen molar-refractivity contribution in [2.75, 3.05) is 13.1 Å². The van der Waals surface area contributed by atoms with Crippen molar-refractivity contribution in [3.8, 4) is 11.5 Å². The first-order chi connectivity index (χ1) is 13.6. The number of nitrogens with zero attached hydrogens (tertiary/aromatic N) is 5. The molecule has 0 atom stereocenters. The standard InChI is InChI=1S/C19H17ClFN5O2/c20-14-10-13(1-2-15(14)21)19(27)26-7-3-12(4-8-26)9-17-24-18(25-28-17)16-11-22-5-6-23-16/h1-2,5-6,10-12H,3-4,7-9H2. The van der Waals surface area contributed by atoms with Gasteiger partial charge in [0.1, 0.15) is 11.5 Å². The number of likely N-dealkylation sites (tertiary alicyclic amines) is 1. The third-order valence-corrected chi connectivity index (χ3v) is 5.08. The summed E-state index contributed by atoms with van der Waals surface area (Å²) in [5, 5.41) is 3.91. The zero-order valence-electron chi connectivity index (χ0n) is 14.9. The number of halogens is 2. The van der Waals surface area contributed by atoms with E-state index in [0.29, 0.717) is 48.4 Å². The van der Waals surface area contributed by atoms with Crippen LogP contribution in [-0.4, -0.2) is 44.0 Å². The van der Waals surface area contributed by atoms with E-state index in [1.165, 1.54) is 18.2 Å². The quantitative estimate of drug-likeness (QED) is 0.666. The Balaban J connectivity index is 1.34. The van der Waals surface area contributed by atoms with Gasteiger partial charge in [-0.05, 0) is 37.0 Å². The summed E-state index contributed by atoms with van der Waals surface area (Å²) in [6, 6.07) is 4.05. The Kier molecular flexibility index (Phi) is 5.29. The maximum Gasteiger partial charge on any atom is 0.253 e. The minimum absolute atomic E-state index is 0.0453. The van der Waals surface area contributed by atoms with E-state index in [2.05, 4.69) is 20.1 Å². The van der Waals surface area contributed by atoms with Crippen LogP contribution in [0.3, 0.4) is 0 Å². The topological polar surface area (TPSA) is 85.0 Å². The summed E-state index contributed by atoms with van der Waals surface area (Å²) in [6.45, 7) is 1.23. The zero-order valence-corrected chi connectivity index (χ0v) is 15.6. The molecule has 1 aromatic carbocycles. The third kappa shape index (κ3) is 4.01. The maximum absolute atomic E-state index is 13.3. The summed E-state index contributed by atoms with van der Waals surface area (Å²) in [7, 11) is 0. The monoisotopic (exact) mass is 401 g/mol. The van der Waals surface area contributed by atoms with Crippen LogP contribution in [0.5, 0.6) is 0 Å². The number of amides is 1. The van der Waals surface area contributed by atoms with E-state index in [4.69, 9.17) is 16.1 Å². The van der Waals surface area contributed by atoms with Crippen LogP contribution in [0.25, 0.3) is 11.5 Å². The van der Waals surface area contributed by atoms with Crippen molar-refractivity contribution in [1.29, 1.82) is 0 Å². The van der Waals surface area contributed by atoms with Gasteiger partial charge < -0.3 is 9.42 Å². The van der Waals surface area contributed by atoms with E-state index in [0.717, 1.165) is 12.8 Å². The molecular formula is C19H17ClFN5O2. The van der Waals surface area contributed by atoms with Gasteiger partial charge in [0.15, 0.2) is 0 Å².